The molecule has 0 atom stereocenters. The molecule has 0 aliphatic rings. The van der Waals surface area contributed by atoms with Gasteiger partial charge in [-0.05, 0) is 57.2 Å². The van der Waals surface area contributed by atoms with Crippen LogP contribution in [0.3, 0.4) is 0 Å². The van der Waals surface area contributed by atoms with Crippen LogP contribution in [0.25, 0.3) is 0 Å². The van der Waals surface area contributed by atoms with Gasteiger partial charge in [-0.2, -0.15) is 0 Å². The molecule has 4 heteroatoms. The van der Waals surface area contributed by atoms with Crippen molar-refractivity contribution in [2.24, 2.45) is 0 Å². The lowest BCUT2D eigenvalue weighted by atomic mass is 10.2. The second-order valence-electron chi connectivity index (χ2n) is 4.93. The molecule has 0 aliphatic carbocycles. The summed E-state index contributed by atoms with van der Waals surface area (Å²) in [6.07, 6.45) is 3.87. The molecule has 19 heavy (non-hydrogen) atoms. The Bertz CT molecular complexity index is 375. The van der Waals surface area contributed by atoms with E-state index in [2.05, 4.69) is 24.2 Å². The number of carbonyl (C=O) groups is 1. The van der Waals surface area contributed by atoms with Crippen LogP contribution in [0.15, 0.2) is 24.3 Å². The highest BCUT2D eigenvalue weighted by Crippen LogP contribution is 2.11. The number of nitrogen functional groups attached to an aromatic ring is 1. The molecule has 1 rings (SSSR count). The molecule has 0 unspecified atom stereocenters. The summed E-state index contributed by atoms with van der Waals surface area (Å²) in [6, 6.07) is 7.21. The van der Waals surface area contributed by atoms with Crippen molar-refractivity contribution >= 4 is 17.3 Å². The average Bonchev–Trinajstić information content (AvgIpc) is 2.39. The van der Waals surface area contributed by atoms with Crippen molar-refractivity contribution in [3.05, 3.63) is 24.3 Å². The van der Waals surface area contributed by atoms with Crippen LogP contribution in [0.1, 0.15) is 32.6 Å². The molecule has 0 radical (unpaired) electrons. The fourth-order valence-electron chi connectivity index (χ4n) is 1.84. The monoisotopic (exact) mass is 263 g/mol. The van der Waals surface area contributed by atoms with Crippen LogP contribution in [0.5, 0.6) is 0 Å². The molecular formula is C15H25N3O. The zero-order valence-electron chi connectivity index (χ0n) is 12.0. The number of unbranched alkanes of at least 4 members (excludes halogenated alkanes) is 1. The number of nitrogens with zero attached hydrogens (tertiary/aromatic N) is 1. The Balaban J connectivity index is 2.19. The first-order valence-corrected chi connectivity index (χ1v) is 6.95. The van der Waals surface area contributed by atoms with Gasteiger partial charge >= 0.3 is 0 Å². The molecule has 0 saturated carbocycles. The summed E-state index contributed by atoms with van der Waals surface area (Å²) in [4.78, 5) is 14.0. The maximum absolute atomic E-state index is 11.7. The van der Waals surface area contributed by atoms with E-state index in [4.69, 9.17) is 5.73 Å². The van der Waals surface area contributed by atoms with E-state index in [1.165, 1.54) is 12.8 Å². The standard InChI is InChI=1S/C15H25N3O/c1-3-4-11-18(2)12-5-6-15(19)17-14-9-7-13(16)8-10-14/h7-10H,3-6,11-12,16H2,1-2H3,(H,17,19). The first-order chi connectivity index (χ1) is 9.11. The van der Waals surface area contributed by atoms with Gasteiger partial charge in [-0.15, -0.1) is 0 Å². The highest BCUT2D eigenvalue weighted by atomic mass is 16.1. The fourth-order valence-corrected chi connectivity index (χ4v) is 1.84. The highest BCUT2D eigenvalue weighted by Gasteiger charge is 2.03. The van der Waals surface area contributed by atoms with Gasteiger partial charge in [-0.3, -0.25) is 4.79 Å². The van der Waals surface area contributed by atoms with Crippen molar-refractivity contribution in [2.75, 3.05) is 31.2 Å². The molecule has 1 aromatic carbocycles. The van der Waals surface area contributed by atoms with Crippen LogP contribution in [0, 0.1) is 0 Å². The predicted octanol–water partition coefficient (Wildman–Crippen LogP) is 2.72. The van der Waals surface area contributed by atoms with Gasteiger partial charge in [0.2, 0.25) is 5.91 Å². The van der Waals surface area contributed by atoms with Gasteiger partial charge in [-0.25, -0.2) is 0 Å². The van der Waals surface area contributed by atoms with Gasteiger partial charge < -0.3 is 16.0 Å². The van der Waals surface area contributed by atoms with Gasteiger partial charge in [-0.1, -0.05) is 13.3 Å². The number of carbonyl (C=O) groups excluding carboxylic acids is 1. The second-order valence-corrected chi connectivity index (χ2v) is 4.93. The molecule has 0 heterocycles. The van der Waals surface area contributed by atoms with Gasteiger partial charge in [0.15, 0.2) is 0 Å². The molecule has 0 aliphatic heterocycles. The lowest BCUT2D eigenvalue weighted by molar-refractivity contribution is -0.116. The molecule has 0 bridgehead atoms. The lowest BCUT2D eigenvalue weighted by Crippen LogP contribution is -2.22. The third-order valence-electron chi connectivity index (χ3n) is 3.03. The number of anilines is 2. The summed E-state index contributed by atoms with van der Waals surface area (Å²) in [5, 5.41) is 2.87. The summed E-state index contributed by atoms with van der Waals surface area (Å²) >= 11 is 0. The highest BCUT2D eigenvalue weighted by molar-refractivity contribution is 5.90. The van der Waals surface area contributed by atoms with Gasteiger partial charge in [0.25, 0.3) is 0 Å². The topological polar surface area (TPSA) is 58.4 Å². The van der Waals surface area contributed by atoms with Crippen molar-refractivity contribution in [1.29, 1.82) is 0 Å². The Morgan fingerprint density at radius 1 is 1.21 bits per heavy atom. The smallest absolute Gasteiger partial charge is 0.224 e. The van der Waals surface area contributed by atoms with E-state index in [1.807, 2.05) is 12.1 Å². The number of nitrogens with one attached hydrogen (secondary N) is 1. The van der Waals surface area contributed by atoms with Crippen LogP contribution < -0.4 is 11.1 Å². The summed E-state index contributed by atoms with van der Waals surface area (Å²) in [5.74, 6) is 0.0636. The Kier molecular flexibility index (Phi) is 6.97. The second kappa shape index (κ2) is 8.53. The molecular weight excluding hydrogens is 238 g/mol. The third-order valence-corrected chi connectivity index (χ3v) is 3.03. The molecule has 0 saturated heterocycles. The van der Waals surface area contributed by atoms with Gasteiger partial charge in [0.05, 0.1) is 0 Å². The van der Waals surface area contributed by atoms with Crippen molar-refractivity contribution in [1.82, 2.24) is 4.90 Å². The summed E-state index contributed by atoms with van der Waals surface area (Å²) in [7, 11) is 2.10. The maximum atomic E-state index is 11.7. The Morgan fingerprint density at radius 2 is 1.84 bits per heavy atom. The van der Waals surface area contributed by atoms with E-state index in [0.29, 0.717) is 12.1 Å². The van der Waals surface area contributed by atoms with Crippen molar-refractivity contribution in [3.63, 3.8) is 0 Å². The molecule has 0 spiro atoms. The average molecular weight is 263 g/mol. The fraction of sp³-hybridized carbons (Fsp3) is 0.533. The molecule has 4 nitrogen and oxygen atoms in total. The first-order valence-electron chi connectivity index (χ1n) is 6.95. The van der Waals surface area contributed by atoms with Crippen molar-refractivity contribution in [3.8, 4) is 0 Å². The minimum absolute atomic E-state index is 0.0636. The van der Waals surface area contributed by atoms with E-state index < -0.39 is 0 Å². The van der Waals surface area contributed by atoms with Crippen LogP contribution in [-0.4, -0.2) is 30.9 Å². The normalized spacial score (nSPS) is 10.7. The zero-order chi connectivity index (χ0) is 14.1. The predicted molar refractivity (Wildman–Crippen MR) is 81.1 cm³/mol. The van der Waals surface area contributed by atoms with Gasteiger partial charge in [0.1, 0.15) is 0 Å². The van der Waals surface area contributed by atoms with E-state index in [1.54, 1.807) is 12.1 Å². The molecule has 3 N–H and O–H groups in total. The summed E-state index contributed by atoms with van der Waals surface area (Å²) < 4.78 is 0. The van der Waals surface area contributed by atoms with Crippen LogP contribution >= 0.6 is 0 Å². The Labute approximate surface area is 116 Å². The van der Waals surface area contributed by atoms with E-state index >= 15 is 0 Å². The maximum Gasteiger partial charge on any atom is 0.224 e. The molecule has 1 aromatic rings. The number of rotatable bonds is 8. The SMILES string of the molecule is CCCCN(C)CCCC(=O)Nc1ccc(N)cc1. The molecule has 1 amide bonds. The number of amides is 1. The summed E-state index contributed by atoms with van der Waals surface area (Å²) in [6.45, 7) is 4.26. The zero-order valence-corrected chi connectivity index (χ0v) is 12.0. The van der Waals surface area contributed by atoms with Gasteiger partial charge in [0, 0.05) is 17.8 Å². The van der Waals surface area contributed by atoms with Crippen molar-refractivity contribution in [2.45, 2.75) is 32.6 Å². The number of hydrogen-bond acceptors (Lipinski definition) is 3. The van der Waals surface area contributed by atoms with Crippen molar-refractivity contribution < 1.29 is 4.79 Å². The Hall–Kier alpha value is -1.55. The largest absolute Gasteiger partial charge is 0.399 e. The third kappa shape index (κ3) is 6.82. The minimum Gasteiger partial charge on any atom is -0.399 e. The molecule has 0 aromatic heterocycles. The Morgan fingerprint density at radius 3 is 2.47 bits per heavy atom. The number of benzene rings is 1. The van der Waals surface area contributed by atoms with E-state index in [9.17, 15) is 4.79 Å². The summed E-state index contributed by atoms with van der Waals surface area (Å²) in [5.41, 5.74) is 7.10. The van der Waals surface area contributed by atoms with E-state index in [0.717, 1.165) is 25.2 Å². The first kappa shape index (κ1) is 15.5. The number of hydrogen-bond donors (Lipinski definition) is 2. The molecule has 106 valence electrons. The van der Waals surface area contributed by atoms with Crippen LogP contribution in [-0.2, 0) is 4.79 Å². The number of nitrogens with two attached hydrogens (primary N) is 1. The van der Waals surface area contributed by atoms with E-state index in [-0.39, 0.29) is 5.91 Å². The minimum atomic E-state index is 0.0636. The molecule has 0 fully saturated rings. The quantitative estimate of drug-likeness (QED) is 0.709. The van der Waals surface area contributed by atoms with Crippen LogP contribution in [0.4, 0.5) is 11.4 Å². The lowest BCUT2D eigenvalue weighted by Gasteiger charge is -2.15. The van der Waals surface area contributed by atoms with Crippen LogP contribution in [0.2, 0.25) is 0 Å².